The fourth-order valence-electron chi connectivity index (χ4n) is 3.45. The topological polar surface area (TPSA) is 72.4 Å². The molecule has 1 atom stereocenters. The van der Waals surface area contributed by atoms with Gasteiger partial charge in [-0.3, -0.25) is 0 Å². The smallest absolute Gasteiger partial charge is 0.211 e. The number of rotatable bonds is 2. The van der Waals surface area contributed by atoms with Gasteiger partial charge in [0, 0.05) is 42.0 Å². The normalized spacial score (nSPS) is 23.9. The van der Waals surface area contributed by atoms with E-state index in [1.165, 1.54) is 12.6 Å². The maximum atomic E-state index is 11.8. The maximum Gasteiger partial charge on any atom is 0.211 e. The van der Waals surface area contributed by atoms with Gasteiger partial charge in [0.25, 0.3) is 0 Å². The summed E-state index contributed by atoms with van der Waals surface area (Å²) in [7, 11) is -3.17. The van der Waals surface area contributed by atoms with Crippen LogP contribution in [0.1, 0.15) is 12.0 Å². The van der Waals surface area contributed by atoms with E-state index < -0.39 is 10.0 Å². The summed E-state index contributed by atoms with van der Waals surface area (Å²) in [6.07, 6.45) is 7.09. The fraction of sp³-hybridized carbons (Fsp3) is 0.375. The minimum atomic E-state index is -3.17. The average Bonchev–Trinajstić information content (AvgIpc) is 3.14. The first-order valence-electron chi connectivity index (χ1n) is 7.46. The Morgan fingerprint density at radius 1 is 1.22 bits per heavy atom. The van der Waals surface area contributed by atoms with E-state index in [9.17, 15) is 8.42 Å². The fourth-order valence-corrected chi connectivity index (χ4v) is 4.35. The van der Waals surface area contributed by atoms with Crippen molar-refractivity contribution in [2.45, 2.75) is 11.8 Å². The number of aromatic nitrogens is 2. The lowest BCUT2D eigenvalue weighted by Crippen LogP contribution is -2.35. The van der Waals surface area contributed by atoms with Crippen LogP contribution in [-0.2, 0) is 15.4 Å². The third-order valence-corrected chi connectivity index (χ3v) is 5.99. The SMILES string of the molecule is CS(=O)(=O)N1CC[C@]2(COc3ccc(-c4cncnc4)cc32)C1. The molecule has 2 aliphatic rings. The molecule has 3 heterocycles. The molecule has 0 saturated carbocycles. The molecule has 1 aromatic carbocycles. The lowest BCUT2D eigenvalue weighted by molar-refractivity contribution is 0.271. The highest BCUT2D eigenvalue weighted by molar-refractivity contribution is 7.88. The summed E-state index contributed by atoms with van der Waals surface area (Å²) in [5.41, 5.74) is 2.80. The van der Waals surface area contributed by atoms with Crippen molar-refractivity contribution in [3.63, 3.8) is 0 Å². The molecule has 2 aromatic rings. The van der Waals surface area contributed by atoms with Gasteiger partial charge in [0.1, 0.15) is 12.1 Å². The van der Waals surface area contributed by atoms with Crippen LogP contribution in [0.15, 0.2) is 36.9 Å². The molecule has 0 radical (unpaired) electrons. The number of sulfonamides is 1. The Morgan fingerprint density at radius 2 is 2.00 bits per heavy atom. The summed E-state index contributed by atoms with van der Waals surface area (Å²) in [6.45, 7) is 1.55. The van der Waals surface area contributed by atoms with E-state index in [0.29, 0.717) is 19.7 Å². The Morgan fingerprint density at radius 3 is 2.70 bits per heavy atom. The predicted molar refractivity (Wildman–Crippen MR) is 85.7 cm³/mol. The molecule has 1 saturated heterocycles. The highest BCUT2D eigenvalue weighted by Gasteiger charge is 2.48. The maximum absolute atomic E-state index is 11.8. The molecule has 1 spiro atoms. The van der Waals surface area contributed by atoms with Crippen LogP contribution in [-0.4, -0.2) is 48.6 Å². The molecule has 1 fully saturated rings. The summed E-state index contributed by atoms with van der Waals surface area (Å²) in [4.78, 5) is 8.12. The average molecular weight is 331 g/mol. The Kier molecular flexibility index (Phi) is 3.18. The van der Waals surface area contributed by atoms with E-state index in [0.717, 1.165) is 28.9 Å². The van der Waals surface area contributed by atoms with Gasteiger partial charge in [0.2, 0.25) is 10.0 Å². The molecule has 0 bridgehead atoms. The Labute approximate surface area is 135 Å². The molecule has 23 heavy (non-hydrogen) atoms. The first kappa shape index (κ1) is 14.6. The van der Waals surface area contributed by atoms with Gasteiger partial charge in [-0.25, -0.2) is 22.7 Å². The van der Waals surface area contributed by atoms with Crippen LogP contribution in [0.3, 0.4) is 0 Å². The van der Waals surface area contributed by atoms with Gasteiger partial charge in [-0.1, -0.05) is 6.07 Å². The van der Waals surface area contributed by atoms with Gasteiger partial charge in [-0.15, -0.1) is 0 Å². The third-order valence-electron chi connectivity index (χ3n) is 4.74. The van der Waals surface area contributed by atoms with E-state index in [2.05, 4.69) is 16.0 Å². The largest absolute Gasteiger partial charge is 0.492 e. The van der Waals surface area contributed by atoms with Crippen LogP contribution in [0.5, 0.6) is 5.75 Å². The van der Waals surface area contributed by atoms with E-state index >= 15 is 0 Å². The molecule has 2 aliphatic heterocycles. The zero-order valence-electron chi connectivity index (χ0n) is 12.8. The minimum Gasteiger partial charge on any atom is -0.492 e. The minimum absolute atomic E-state index is 0.246. The van der Waals surface area contributed by atoms with Gasteiger partial charge in [0.05, 0.1) is 12.9 Å². The highest BCUT2D eigenvalue weighted by Crippen LogP contribution is 2.46. The molecule has 0 amide bonds. The van der Waals surface area contributed by atoms with E-state index in [4.69, 9.17) is 4.74 Å². The summed E-state index contributed by atoms with van der Waals surface area (Å²) >= 11 is 0. The van der Waals surface area contributed by atoms with Crippen molar-refractivity contribution in [1.82, 2.24) is 14.3 Å². The standard InChI is InChI=1S/C16H17N3O3S/c1-23(20,21)19-5-4-16(9-19)10-22-15-3-2-12(6-14(15)16)13-7-17-11-18-8-13/h2-3,6-8,11H,4-5,9-10H2,1H3/t16-/m1/s1. The first-order valence-corrected chi connectivity index (χ1v) is 9.31. The molecule has 1 aromatic heterocycles. The van der Waals surface area contributed by atoms with Crippen LogP contribution in [0.2, 0.25) is 0 Å². The quantitative estimate of drug-likeness (QED) is 0.832. The molecule has 0 aliphatic carbocycles. The van der Waals surface area contributed by atoms with Gasteiger partial charge < -0.3 is 4.74 Å². The monoisotopic (exact) mass is 331 g/mol. The summed E-state index contributed by atoms with van der Waals surface area (Å²) in [6, 6.07) is 6.03. The number of nitrogens with zero attached hydrogens (tertiary/aromatic N) is 3. The van der Waals surface area contributed by atoms with Crippen molar-refractivity contribution in [3.05, 3.63) is 42.5 Å². The predicted octanol–water partition coefficient (Wildman–Crippen LogP) is 1.44. The van der Waals surface area contributed by atoms with Crippen LogP contribution in [0.25, 0.3) is 11.1 Å². The second-order valence-corrected chi connectivity index (χ2v) is 8.24. The number of hydrogen-bond donors (Lipinski definition) is 0. The number of benzene rings is 1. The molecule has 7 heteroatoms. The molecular formula is C16H17N3O3S. The number of fused-ring (bicyclic) bond motifs is 2. The first-order chi connectivity index (χ1) is 11.0. The van der Waals surface area contributed by atoms with Crippen molar-refractivity contribution >= 4 is 10.0 Å². The summed E-state index contributed by atoms with van der Waals surface area (Å²) in [5.74, 6) is 0.848. The lowest BCUT2D eigenvalue weighted by Gasteiger charge is -2.22. The van der Waals surface area contributed by atoms with Gasteiger partial charge >= 0.3 is 0 Å². The van der Waals surface area contributed by atoms with E-state index in [1.54, 1.807) is 16.7 Å². The van der Waals surface area contributed by atoms with Crippen LogP contribution in [0.4, 0.5) is 0 Å². The molecule has 0 N–H and O–H groups in total. The molecular weight excluding hydrogens is 314 g/mol. The van der Waals surface area contributed by atoms with Crippen LogP contribution in [0, 0.1) is 0 Å². The van der Waals surface area contributed by atoms with Crippen LogP contribution < -0.4 is 4.74 Å². The second-order valence-electron chi connectivity index (χ2n) is 6.25. The molecule has 0 unspecified atom stereocenters. The van der Waals surface area contributed by atoms with E-state index in [-0.39, 0.29) is 5.41 Å². The zero-order chi connectivity index (χ0) is 16.1. The summed E-state index contributed by atoms with van der Waals surface area (Å²) in [5, 5.41) is 0. The Bertz CT molecular complexity index is 854. The zero-order valence-corrected chi connectivity index (χ0v) is 13.6. The third kappa shape index (κ3) is 2.40. The van der Waals surface area contributed by atoms with Crippen molar-refractivity contribution in [2.24, 2.45) is 0 Å². The second kappa shape index (κ2) is 5.01. The van der Waals surface area contributed by atoms with Crippen molar-refractivity contribution in [3.8, 4) is 16.9 Å². The molecule has 6 nitrogen and oxygen atoms in total. The Hall–Kier alpha value is -1.99. The molecule has 4 rings (SSSR count). The van der Waals surface area contributed by atoms with Crippen LogP contribution >= 0.6 is 0 Å². The van der Waals surface area contributed by atoms with Crippen molar-refractivity contribution in [2.75, 3.05) is 26.0 Å². The van der Waals surface area contributed by atoms with E-state index in [1.807, 2.05) is 12.1 Å². The van der Waals surface area contributed by atoms with Gasteiger partial charge in [-0.2, -0.15) is 0 Å². The number of hydrogen-bond acceptors (Lipinski definition) is 5. The van der Waals surface area contributed by atoms with Crippen molar-refractivity contribution in [1.29, 1.82) is 0 Å². The van der Waals surface area contributed by atoms with Gasteiger partial charge in [-0.05, 0) is 24.1 Å². The summed E-state index contributed by atoms with van der Waals surface area (Å²) < 4.78 is 31.1. The van der Waals surface area contributed by atoms with Gasteiger partial charge in [0.15, 0.2) is 0 Å². The number of ether oxygens (including phenoxy) is 1. The lowest BCUT2D eigenvalue weighted by atomic mass is 9.81. The highest BCUT2D eigenvalue weighted by atomic mass is 32.2. The Balaban J connectivity index is 1.74. The molecule has 120 valence electrons. The van der Waals surface area contributed by atoms with Crippen molar-refractivity contribution < 1.29 is 13.2 Å².